The van der Waals surface area contributed by atoms with E-state index in [-0.39, 0.29) is 0 Å². The Bertz CT molecular complexity index is 321. The number of aromatic nitrogens is 1. The molecule has 0 saturated carbocycles. The van der Waals surface area contributed by atoms with Gasteiger partial charge in [0.25, 0.3) is 0 Å². The van der Waals surface area contributed by atoms with Gasteiger partial charge in [-0.05, 0) is 19.1 Å². The van der Waals surface area contributed by atoms with Crippen molar-refractivity contribution in [3.63, 3.8) is 0 Å². The number of hydrogen-bond acceptors (Lipinski definition) is 4. The molecule has 0 unspecified atom stereocenters. The van der Waals surface area contributed by atoms with Gasteiger partial charge in [-0.15, -0.1) is 0 Å². The second-order valence-electron chi connectivity index (χ2n) is 2.98. The zero-order chi connectivity index (χ0) is 9.84. The lowest BCUT2D eigenvalue weighted by molar-refractivity contribution is 0.322. The predicted molar refractivity (Wildman–Crippen MR) is 52.7 cm³/mol. The van der Waals surface area contributed by atoms with Crippen LogP contribution in [0.5, 0.6) is 0 Å². The number of aryl methyl sites for hydroxylation is 1. The van der Waals surface area contributed by atoms with Crippen LogP contribution in [-0.2, 0) is 0 Å². The largest absolute Gasteiger partial charge is 0.411 e. The number of anilines is 1. The van der Waals surface area contributed by atoms with Gasteiger partial charge in [-0.1, -0.05) is 5.16 Å². The minimum atomic E-state index is 0.827. The van der Waals surface area contributed by atoms with E-state index >= 15 is 0 Å². The van der Waals surface area contributed by atoms with Crippen LogP contribution in [0.1, 0.15) is 11.3 Å². The molecule has 0 aliphatic carbocycles. The van der Waals surface area contributed by atoms with Crippen LogP contribution in [0.3, 0.4) is 0 Å². The van der Waals surface area contributed by atoms with Crippen molar-refractivity contribution in [3.05, 3.63) is 23.4 Å². The Morgan fingerprint density at radius 2 is 2.15 bits per heavy atom. The first-order valence-corrected chi connectivity index (χ1v) is 3.97. The quantitative estimate of drug-likeness (QED) is 0.422. The van der Waals surface area contributed by atoms with Crippen LogP contribution in [0.2, 0.25) is 0 Å². The Hall–Kier alpha value is -1.58. The summed E-state index contributed by atoms with van der Waals surface area (Å²) in [6, 6.07) is 3.75. The lowest BCUT2D eigenvalue weighted by Crippen LogP contribution is -2.11. The van der Waals surface area contributed by atoms with Gasteiger partial charge < -0.3 is 10.1 Å². The van der Waals surface area contributed by atoms with Crippen molar-refractivity contribution in [1.82, 2.24) is 4.98 Å². The highest BCUT2D eigenvalue weighted by molar-refractivity contribution is 5.80. The molecule has 0 atom stereocenters. The summed E-state index contributed by atoms with van der Waals surface area (Å²) in [6.07, 6.45) is 1.38. The molecule has 1 rings (SSSR count). The van der Waals surface area contributed by atoms with Crippen LogP contribution < -0.4 is 4.90 Å². The van der Waals surface area contributed by atoms with Gasteiger partial charge >= 0.3 is 0 Å². The number of oxime groups is 1. The first-order valence-electron chi connectivity index (χ1n) is 3.97. The van der Waals surface area contributed by atoms with E-state index in [4.69, 9.17) is 5.21 Å². The molecule has 0 aliphatic rings. The second-order valence-corrected chi connectivity index (χ2v) is 2.98. The molecule has 0 amide bonds. The average molecular weight is 179 g/mol. The van der Waals surface area contributed by atoms with E-state index in [1.165, 1.54) is 6.21 Å². The van der Waals surface area contributed by atoms with E-state index in [9.17, 15) is 0 Å². The zero-order valence-electron chi connectivity index (χ0n) is 8.02. The van der Waals surface area contributed by atoms with Crippen molar-refractivity contribution in [1.29, 1.82) is 0 Å². The Morgan fingerprint density at radius 1 is 1.46 bits per heavy atom. The number of nitrogens with zero attached hydrogens (tertiary/aromatic N) is 3. The number of pyridine rings is 1. The fraction of sp³-hybridized carbons (Fsp3) is 0.333. The highest BCUT2D eigenvalue weighted by Crippen LogP contribution is 2.10. The zero-order valence-corrected chi connectivity index (χ0v) is 8.02. The maximum atomic E-state index is 8.35. The van der Waals surface area contributed by atoms with Crippen molar-refractivity contribution < 1.29 is 5.21 Å². The Balaban J connectivity index is 3.05. The van der Waals surface area contributed by atoms with E-state index in [0.29, 0.717) is 0 Å². The third-order valence-corrected chi connectivity index (χ3v) is 1.77. The van der Waals surface area contributed by atoms with Gasteiger partial charge in [0.15, 0.2) is 0 Å². The summed E-state index contributed by atoms with van der Waals surface area (Å²) in [5.74, 6) is 0.896. The summed E-state index contributed by atoms with van der Waals surface area (Å²) in [5, 5.41) is 11.3. The molecule has 1 aromatic heterocycles. The molecule has 13 heavy (non-hydrogen) atoms. The molecular formula is C9H13N3O. The minimum Gasteiger partial charge on any atom is -0.411 e. The molecule has 4 heteroatoms. The smallest absolute Gasteiger partial charge is 0.128 e. The molecule has 0 bridgehead atoms. The molecule has 0 fully saturated rings. The third-order valence-electron chi connectivity index (χ3n) is 1.77. The maximum Gasteiger partial charge on any atom is 0.128 e. The van der Waals surface area contributed by atoms with Gasteiger partial charge in [0.2, 0.25) is 0 Å². The Labute approximate surface area is 77.5 Å². The molecule has 1 aromatic rings. The monoisotopic (exact) mass is 179 g/mol. The fourth-order valence-corrected chi connectivity index (χ4v) is 1.01. The molecule has 4 nitrogen and oxygen atoms in total. The summed E-state index contributed by atoms with van der Waals surface area (Å²) in [5.41, 5.74) is 1.68. The first kappa shape index (κ1) is 9.51. The molecule has 1 heterocycles. The molecule has 70 valence electrons. The van der Waals surface area contributed by atoms with E-state index in [0.717, 1.165) is 17.1 Å². The molecule has 0 aromatic carbocycles. The van der Waals surface area contributed by atoms with Crippen molar-refractivity contribution in [2.24, 2.45) is 5.16 Å². The van der Waals surface area contributed by atoms with E-state index in [1.807, 2.05) is 38.1 Å². The van der Waals surface area contributed by atoms with Crippen LogP contribution >= 0.6 is 0 Å². The summed E-state index contributed by atoms with van der Waals surface area (Å²) in [4.78, 5) is 6.24. The first-order chi connectivity index (χ1) is 6.15. The molecule has 0 radical (unpaired) electrons. The SMILES string of the molecule is Cc1nc(N(C)C)ccc1/C=N/O. The van der Waals surface area contributed by atoms with Crippen molar-refractivity contribution in [3.8, 4) is 0 Å². The van der Waals surface area contributed by atoms with Crippen molar-refractivity contribution >= 4 is 12.0 Å². The van der Waals surface area contributed by atoms with Crippen LogP contribution in [0, 0.1) is 6.92 Å². The highest BCUT2D eigenvalue weighted by atomic mass is 16.4. The molecule has 0 aliphatic heterocycles. The van der Waals surface area contributed by atoms with Gasteiger partial charge in [0.05, 0.1) is 6.21 Å². The predicted octanol–water partition coefficient (Wildman–Crippen LogP) is 1.26. The average Bonchev–Trinajstić information content (AvgIpc) is 2.08. The van der Waals surface area contributed by atoms with Gasteiger partial charge in [-0.25, -0.2) is 4.98 Å². The van der Waals surface area contributed by atoms with Gasteiger partial charge in [-0.2, -0.15) is 0 Å². The van der Waals surface area contributed by atoms with Crippen molar-refractivity contribution in [2.75, 3.05) is 19.0 Å². The van der Waals surface area contributed by atoms with Crippen LogP contribution in [0.15, 0.2) is 17.3 Å². The van der Waals surface area contributed by atoms with Gasteiger partial charge in [-0.3, -0.25) is 0 Å². The standard InChI is InChI=1S/C9H13N3O/c1-7-8(6-10-13)4-5-9(11-7)12(2)3/h4-6,13H,1-3H3/b10-6+. The number of hydrogen-bond donors (Lipinski definition) is 1. The molecule has 0 spiro atoms. The lowest BCUT2D eigenvalue weighted by Gasteiger charge is -2.12. The normalized spacial score (nSPS) is 10.7. The highest BCUT2D eigenvalue weighted by Gasteiger charge is 2.00. The second kappa shape index (κ2) is 3.89. The summed E-state index contributed by atoms with van der Waals surface area (Å²) in [6.45, 7) is 1.88. The number of rotatable bonds is 2. The van der Waals surface area contributed by atoms with Crippen molar-refractivity contribution in [2.45, 2.75) is 6.92 Å². The summed E-state index contributed by atoms with van der Waals surface area (Å²) >= 11 is 0. The summed E-state index contributed by atoms with van der Waals surface area (Å²) < 4.78 is 0. The maximum absolute atomic E-state index is 8.35. The Morgan fingerprint density at radius 3 is 2.62 bits per heavy atom. The molecule has 1 N–H and O–H groups in total. The Kier molecular flexibility index (Phi) is 2.84. The summed E-state index contributed by atoms with van der Waals surface area (Å²) in [7, 11) is 3.86. The van der Waals surface area contributed by atoms with Crippen LogP contribution in [0.25, 0.3) is 0 Å². The minimum absolute atomic E-state index is 0.827. The molecule has 0 saturated heterocycles. The fourth-order valence-electron chi connectivity index (χ4n) is 1.01. The van der Waals surface area contributed by atoms with E-state index < -0.39 is 0 Å². The molecular weight excluding hydrogens is 166 g/mol. The third kappa shape index (κ3) is 2.18. The van der Waals surface area contributed by atoms with E-state index in [1.54, 1.807) is 0 Å². The van der Waals surface area contributed by atoms with Gasteiger partial charge in [0, 0.05) is 25.4 Å². The van der Waals surface area contributed by atoms with Crippen LogP contribution in [0.4, 0.5) is 5.82 Å². The van der Waals surface area contributed by atoms with Crippen LogP contribution in [-0.4, -0.2) is 30.5 Å². The van der Waals surface area contributed by atoms with Gasteiger partial charge in [0.1, 0.15) is 5.82 Å². The topological polar surface area (TPSA) is 48.7 Å². The lowest BCUT2D eigenvalue weighted by atomic mass is 10.2. The van der Waals surface area contributed by atoms with E-state index in [2.05, 4.69) is 10.1 Å².